The largest absolute Gasteiger partial charge is 0.352 e. The Kier molecular flexibility index (Phi) is 5.06. The highest BCUT2D eigenvalue weighted by Crippen LogP contribution is 2.27. The Balaban J connectivity index is 0.00000128. The lowest BCUT2D eigenvalue weighted by atomic mass is 9.81. The maximum atomic E-state index is 12.0. The Morgan fingerprint density at radius 2 is 1.62 bits per heavy atom. The normalized spacial score (nSPS) is 24.8. The van der Waals surface area contributed by atoms with Crippen molar-refractivity contribution in [3.05, 3.63) is 0 Å². The number of rotatable bonds is 2. The van der Waals surface area contributed by atoms with Crippen molar-refractivity contribution in [1.29, 1.82) is 0 Å². The fraction of sp³-hybridized carbons (Fsp3) is 0.917. The molecule has 0 aromatic rings. The van der Waals surface area contributed by atoms with E-state index < -0.39 is 5.54 Å². The molecule has 1 amide bonds. The minimum Gasteiger partial charge on any atom is -0.352 e. The average Bonchev–Trinajstić information content (AvgIpc) is 2.71. The molecule has 0 aliphatic heterocycles. The molecular formula is C12H23ClN2O. The zero-order chi connectivity index (χ0) is 10.7. The summed E-state index contributed by atoms with van der Waals surface area (Å²) in [6.45, 7) is 0. The Morgan fingerprint density at radius 1 is 1.06 bits per heavy atom. The smallest absolute Gasteiger partial charge is 0.240 e. The molecule has 0 aromatic carbocycles. The van der Waals surface area contributed by atoms with E-state index in [0.29, 0.717) is 6.04 Å². The Labute approximate surface area is 104 Å². The highest BCUT2D eigenvalue weighted by Gasteiger charge is 2.36. The Morgan fingerprint density at radius 3 is 2.19 bits per heavy atom. The van der Waals surface area contributed by atoms with Gasteiger partial charge < -0.3 is 11.1 Å². The first-order chi connectivity index (χ1) is 7.21. The van der Waals surface area contributed by atoms with Crippen molar-refractivity contribution in [2.24, 2.45) is 5.73 Å². The number of hydrogen-bond donors (Lipinski definition) is 2. The molecule has 2 rings (SSSR count). The summed E-state index contributed by atoms with van der Waals surface area (Å²) in [5.41, 5.74) is 5.61. The van der Waals surface area contributed by atoms with Crippen LogP contribution < -0.4 is 11.1 Å². The van der Waals surface area contributed by atoms with Crippen LogP contribution in [0.15, 0.2) is 0 Å². The predicted octanol–water partition coefficient (Wildman–Crippen LogP) is 2.13. The monoisotopic (exact) mass is 246 g/mol. The van der Waals surface area contributed by atoms with E-state index in [4.69, 9.17) is 5.73 Å². The fourth-order valence-electron chi connectivity index (χ4n) is 2.81. The number of amides is 1. The number of nitrogens with one attached hydrogen (secondary N) is 1. The van der Waals surface area contributed by atoms with Crippen LogP contribution in [0.4, 0.5) is 0 Å². The first-order valence-corrected chi connectivity index (χ1v) is 6.31. The molecule has 94 valence electrons. The molecule has 0 bridgehead atoms. The summed E-state index contributed by atoms with van der Waals surface area (Å²) in [5.74, 6) is 0.106. The molecule has 0 radical (unpaired) electrons. The van der Waals surface area contributed by atoms with Gasteiger partial charge in [-0.15, -0.1) is 12.4 Å². The number of hydrogen-bond acceptors (Lipinski definition) is 2. The summed E-state index contributed by atoms with van der Waals surface area (Å²) in [4.78, 5) is 12.0. The van der Waals surface area contributed by atoms with Gasteiger partial charge >= 0.3 is 0 Å². The SMILES string of the molecule is Cl.NC1(C(=O)NC2CCCC2)CCCCC1. The average molecular weight is 247 g/mol. The first kappa shape index (κ1) is 13.8. The maximum Gasteiger partial charge on any atom is 0.240 e. The number of halogens is 1. The third-order valence-corrected chi connectivity index (χ3v) is 3.89. The molecule has 3 nitrogen and oxygen atoms in total. The van der Waals surface area contributed by atoms with Gasteiger partial charge in [-0.3, -0.25) is 4.79 Å². The van der Waals surface area contributed by atoms with Gasteiger partial charge in [-0.2, -0.15) is 0 Å². The van der Waals surface area contributed by atoms with E-state index in [0.717, 1.165) is 38.5 Å². The van der Waals surface area contributed by atoms with Gasteiger partial charge in [0.05, 0.1) is 5.54 Å². The number of nitrogens with two attached hydrogens (primary N) is 1. The van der Waals surface area contributed by atoms with Gasteiger partial charge in [0.2, 0.25) is 5.91 Å². The molecule has 3 N–H and O–H groups in total. The van der Waals surface area contributed by atoms with Crippen LogP contribution in [0.1, 0.15) is 57.8 Å². The van der Waals surface area contributed by atoms with Crippen molar-refractivity contribution < 1.29 is 4.79 Å². The second kappa shape index (κ2) is 5.87. The molecule has 16 heavy (non-hydrogen) atoms. The summed E-state index contributed by atoms with van der Waals surface area (Å²) in [6, 6.07) is 0.403. The van der Waals surface area contributed by atoms with Gasteiger partial charge in [0, 0.05) is 6.04 Å². The van der Waals surface area contributed by atoms with Crippen LogP contribution in [0.2, 0.25) is 0 Å². The lowest BCUT2D eigenvalue weighted by molar-refractivity contribution is -0.128. The van der Waals surface area contributed by atoms with E-state index in [1.807, 2.05) is 0 Å². The van der Waals surface area contributed by atoms with E-state index >= 15 is 0 Å². The predicted molar refractivity (Wildman–Crippen MR) is 67.7 cm³/mol. The minimum absolute atomic E-state index is 0. The quantitative estimate of drug-likeness (QED) is 0.784. The van der Waals surface area contributed by atoms with Crippen LogP contribution in [0.5, 0.6) is 0 Å². The van der Waals surface area contributed by atoms with Crippen LogP contribution >= 0.6 is 12.4 Å². The zero-order valence-corrected chi connectivity index (χ0v) is 10.7. The van der Waals surface area contributed by atoms with Crippen molar-refractivity contribution in [1.82, 2.24) is 5.32 Å². The molecule has 2 saturated carbocycles. The molecule has 0 atom stereocenters. The second-order valence-electron chi connectivity index (χ2n) is 5.17. The van der Waals surface area contributed by atoms with Crippen molar-refractivity contribution >= 4 is 18.3 Å². The van der Waals surface area contributed by atoms with Gasteiger partial charge in [0.25, 0.3) is 0 Å². The first-order valence-electron chi connectivity index (χ1n) is 6.31. The fourth-order valence-corrected chi connectivity index (χ4v) is 2.81. The standard InChI is InChI=1S/C12H22N2O.ClH/c13-12(8-4-1-5-9-12)11(15)14-10-6-2-3-7-10;/h10H,1-9,13H2,(H,14,15);1H. The maximum absolute atomic E-state index is 12.0. The molecule has 2 aliphatic rings. The van der Waals surface area contributed by atoms with Gasteiger partial charge in [0.15, 0.2) is 0 Å². The number of carbonyl (C=O) groups is 1. The van der Waals surface area contributed by atoms with E-state index in [-0.39, 0.29) is 18.3 Å². The lowest BCUT2D eigenvalue weighted by Crippen LogP contribution is -2.56. The number of carbonyl (C=O) groups excluding carboxylic acids is 1. The minimum atomic E-state index is -0.555. The van der Waals surface area contributed by atoms with Crippen LogP contribution in [0, 0.1) is 0 Å². The van der Waals surface area contributed by atoms with Gasteiger partial charge in [-0.1, -0.05) is 32.1 Å². The van der Waals surface area contributed by atoms with E-state index in [9.17, 15) is 4.79 Å². The molecule has 2 aliphatic carbocycles. The highest BCUT2D eigenvalue weighted by atomic mass is 35.5. The molecular weight excluding hydrogens is 224 g/mol. The Hall–Kier alpha value is -0.280. The van der Waals surface area contributed by atoms with E-state index in [1.165, 1.54) is 19.3 Å². The van der Waals surface area contributed by atoms with Crippen LogP contribution in [0.25, 0.3) is 0 Å². The van der Waals surface area contributed by atoms with Gasteiger partial charge in [-0.05, 0) is 25.7 Å². The van der Waals surface area contributed by atoms with Crippen molar-refractivity contribution in [2.75, 3.05) is 0 Å². The molecule has 0 spiro atoms. The highest BCUT2D eigenvalue weighted by molar-refractivity contribution is 5.86. The summed E-state index contributed by atoms with van der Waals surface area (Å²) in [7, 11) is 0. The Bertz CT molecular complexity index is 233. The van der Waals surface area contributed by atoms with Crippen molar-refractivity contribution in [3.8, 4) is 0 Å². The summed E-state index contributed by atoms with van der Waals surface area (Å²) >= 11 is 0. The molecule has 4 heteroatoms. The zero-order valence-electron chi connectivity index (χ0n) is 9.84. The van der Waals surface area contributed by atoms with Gasteiger partial charge in [0.1, 0.15) is 0 Å². The van der Waals surface area contributed by atoms with Crippen molar-refractivity contribution in [2.45, 2.75) is 69.4 Å². The topological polar surface area (TPSA) is 55.1 Å². The van der Waals surface area contributed by atoms with Crippen LogP contribution in [0.3, 0.4) is 0 Å². The molecule has 0 unspecified atom stereocenters. The van der Waals surface area contributed by atoms with E-state index in [1.54, 1.807) is 0 Å². The van der Waals surface area contributed by atoms with Crippen LogP contribution in [-0.2, 0) is 4.79 Å². The van der Waals surface area contributed by atoms with Crippen LogP contribution in [-0.4, -0.2) is 17.5 Å². The lowest BCUT2D eigenvalue weighted by Gasteiger charge is -2.33. The van der Waals surface area contributed by atoms with E-state index in [2.05, 4.69) is 5.32 Å². The third kappa shape index (κ3) is 3.11. The molecule has 0 saturated heterocycles. The summed E-state index contributed by atoms with van der Waals surface area (Å²) in [5, 5.41) is 3.13. The van der Waals surface area contributed by atoms with Gasteiger partial charge in [-0.25, -0.2) is 0 Å². The second-order valence-corrected chi connectivity index (χ2v) is 5.17. The summed E-state index contributed by atoms with van der Waals surface area (Å²) < 4.78 is 0. The molecule has 0 aromatic heterocycles. The third-order valence-electron chi connectivity index (χ3n) is 3.89. The summed E-state index contributed by atoms with van der Waals surface area (Å²) in [6.07, 6.45) is 9.96. The molecule has 0 heterocycles. The van der Waals surface area contributed by atoms with Crippen molar-refractivity contribution in [3.63, 3.8) is 0 Å². The molecule has 2 fully saturated rings.